The van der Waals surface area contributed by atoms with Gasteiger partial charge in [0.15, 0.2) is 0 Å². The summed E-state index contributed by atoms with van der Waals surface area (Å²) in [5, 5.41) is 0. The third-order valence-electron chi connectivity index (χ3n) is 2.89. The highest BCUT2D eigenvalue weighted by atomic mass is 17.2. The van der Waals surface area contributed by atoms with E-state index >= 15 is 0 Å². The van der Waals surface area contributed by atoms with E-state index in [0.29, 0.717) is 12.8 Å². The van der Waals surface area contributed by atoms with Crippen molar-refractivity contribution in [1.29, 1.82) is 0 Å². The van der Waals surface area contributed by atoms with Crippen LogP contribution in [0.1, 0.15) is 12.8 Å². The molecule has 0 aromatic heterocycles. The van der Waals surface area contributed by atoms with Crippen LogP contribution < -0.4 is 0 Å². The summed E-state index contributed by atoms with van der Waals surface area (Å²) in [6.45, 7) is 0. The first-order valence-corrected chi connectivity index (χ1v) is 4.83. The SMILES string of the molecule is COC(=O)[C@@]12C=C[C@@](C(=O)OC)(CC1)OO2. The molecule has 1 fully saturated rings. The summed E-state index contributed by atoms with van der Waals surface area (Å²) in [5.74, 6) is -1.08. The first-order valence-electron chi connectivity index (χ1n) is 4.83. The average molecular weight is 228 g/mol. The molecule has 2 bridgehead atoms. The Bertz CT molecular complexity index is 316. The van der Waals surface area contributed by atoms with E-state index in [-0.39, 0.29) is 0 Å². The van der Waals surface area contributed by atoms with Crippen LogP contribution >= 0.6 is 0 Å². The third-order valence-corrected chi connectivity index (χ3v) is 2.89. The number of fused-ring (bicyclic) bond motifs is 2. The van der Waals surface area contributed by atoms with E-state index in [1.54, 1.807) is 0 Å². The Morgan fingerprint density at radius 1 is 1.00 bits per heavy atom. The number of esters is 2. The number of carbonyl (C=O) groups is 2. The molecule has 0 radical (unpaired) electrons. The normalized spacial score (nSPS) is 35.9. The topological polar surface area (TPSA) is 71.1 Å². The highest BCUT2D eigenvalue weighted by molar-refractivity contribution is 5.87. The van der Waals surface area contributed by atoms with Crippen molar-refractivity contribution in [3.63, 3.8) is 0 Å². The van der Waals surface area contributed by atoms with Gasteiger partial charge in [0.2, 0.25) is 11.2 Å². The summed E-state index contributed by atoms with van der Waals surface area (Å²) in [5.41, 5.74) is -2.44. The summed E-state index contributed by atoms with van der Waals surface area (Å²) in [4.78, 5) is 32.9. The van der Waals surface area contributed by atoms with Crippen LogP contribution in [0.3, 0.4) is 0 Å². The van der Waals surface area contributed by atoms with Gasteiger partial charge in [-0.05, 0) is 25.0 Å². The molecule has 2 atom stereocenters. The van der Waals surface area contributed by atoms with Crippen LogP contribution in [0.2, 0.25) is 0 Å². The highest BCUT2D eigenvalue weighted by Gasteiger charge is 2.57. The minimum Gasteiger partial charge on any atom is -0.467 e. The summed E-state index contributed by atoms with van der Waals surface area (Å²) < 4.78 is 9.23. The second-order valence-corrected chi connectivity index (χ2v) is 3.76. The zero-order valence-corrected chi connectivity index (χ0v) is 9.02. The van der Waals surface area contributed by atoms with E-state index in [1.807, 2.05) is 0 Å². The monoisotopic (exact) mass is 228 g/mol. The molecule has 16 heavy (non-hydrogen) atoms. The molecule has 6 heteroatoms. The Labute approximate surface area is 92.0 Å². The van der Waals surface area contributed by atoms with E-state index in [4.69, 9.17) is 9.78 Å². The number of hydrogen-bond donors (Lipinski definition) is 0. The Hall–Kier alpha value is -1.40. The molecule has 6 nitrogen and oxygen atoms in total. The molecule has 0 amide bonds. The summed E-state index contributed by atoms with van der Waals surface area (Å²) in [6, 6.07) is 0. The predicted molar refractivity (Wildman–Crippen MR) is 50.0 cm³/mol. The Morgan fingerprint density at radius 3 is 1.56 bits per heavy atom. The van der Waals surface area contributed by atoms with Gasteiger partial charge in [-0.1, -0.05) is 0 Å². The zero-order chi connectivity index (χ0) is 11.8. The maximum absolute atomic E-state index is 11.5. The molecule has 0 unspecified atom stereocenters. The van der Waals surface area contributed by atoms with Crippen LogP contribution in [-0.4, -0.2) is 37.4 Å². The van der Waals surface area contributed by atoms with Crippen LogP contribution in [0.15, 0.2) is 12.2 Å². The summed E-state index contributed by atoms with van der Waals surface area (Å²) in [6.07, 6.45) is 3.63. The zero-order valence-electron chi connectivity index (χ0n) is 9.02. The smallest absolute Gasteiger partial charge is 0.345 e. The molecule has 3 aliphatic rings. The van der Waals surface area contributed by atoms with Crippen molar-refractivity contribution in [3.05, 3.63) is 12.2 Å². The van der Waals surface area contributed by atoms with E-state index in [2.05, 4.69) is 9.47 Å². The summed E-state index contributed by atoms with van der Waals surface area (Å²) >= 11 is 0. The highest BCUT2D eigenvalue weighted by Crippen LogP contribution is 2.42. The molecule has 88 valence electrons. The molecule has 0 saturated carbocycles. The van der Waals surface area contributed by atoms with Crippen molar-refractivity contribution in [2.75, 3.05) is 14.2 Å². The van der Waals surface area contributed by atoms with Crippen LogP contribution in [0, 0.1) is 0 Å². The molecule has 1 saturated heterocycles. The number of ether oxygens (including phenoxy) is 2. The van der Waals surface area contributed by atoms with E-state index in [1.165, 1.54) is 26.4 Å². The molecule has 0 spiro atoms. The largest absolute Gasteiger partial charge is 0.467 e. The van der Waals surface area contributed by atoms with E-state index < -0.39 is 23.1 Å². The Balaban J connectivity index is 2.27. The number of methoxy groups -OCH3 is 2. The quantitative estimate of drug-likeness (QED) is 0.380. The van der Waals surface area contributed by atoms with E-state index in [0.717, 1.165) is 0 Å². The van der Waals surface area contributed by atoms with Gasteiger partial charge in [-0.25, -0.2) is 19.4 Å². The van der Waals surface area contributed by atoms with Crippen molar-refractivity contribution in [2.45, 2.75) is 24.0 Å². The van der Waals surface area contributed by atoms with Crippen molar-refractivity contribution in [1.82, 2.24) is 0 Å². The van der Waals surface area contributed by atoms with Gasteiger partial charge in [0.25, 0.3) is 0 Å². The van der Waals surface area contributed by atoms with Crippen LogP contribution in [-0.2, 0) is 28.8 Å². The number of rotatable bonds is 2. The molecule has 2 heterocycles. The number of hydrogen-bond acceptors (Lipinski definition) is 6. The average Bonchev–Trinajstić information content (AvgIpc) is 2.38. The molecule has 0 aromatic rings. The van der Waals surface area contributed by atoms with Gasteiger partial charge in [0.1, 0.15) is 0 Å². The van der Waals surface area contributed by atoms with Gasteiger partial charge in [-0.3, -0.25) is 0 Å². The lowest BCUT2D eigenvalue weighted by atomic mass is 9.81. The Kier molecular flexibility index (Phi) is 2.47. The first-order chi connectivity index (χ1) is 7.58. The molecule has 1 aliphatic carbocycles. The second-order valence-electron chi connectivity index (χ2n) is 3.76. The van der Waals surface area contributed by atoms with Crippen molar-refractivity contribution < 1.29 is 28.8 Å². The van der Waals surface area contributed by atoms with Crippen LogP contribution in [0.25, 0.3) is 0 Å². The summed E-state index contributed by atoms with van der Waals surface area (Å²) in [7, 11) is 2.54. The third kappa shape index (κ3) is 1.34. The fourth-order valence-electron chi connectivity index (χ4n) is 1.85. The van der Waals surface area contributed by atoms with Crippen LogP contribution in [0.5, 0.6) is 0 Å². The lowest BCUT2D eigenvalue weighted by Gasteiger charge is -2.43. The van der Waals surface area contributed by atoms with Crippen LogP contribution in [0.4, 0.5) is 0 Å². The van der Waals surface area contributed by atoms with Crippen molar-refractivity contribution in [2.24, 2.45) is 0 Å². The second kappa shape index (κ2) is 3.57. The van der Waals surface area contributed by atoms with Crippen molar-refractivity contribution >= 4 is 11.9 Å². The van der Waals surface area contributed by atoms with Gasteiger partial charge >= 0.3 is 11.9 Å². The molecule has 0 N–H and O–H groups in total. The minimum atomic E-state index is -1.22. The molecular formula is C10H12O6. The van der Waals surface area contributed by atoms with Gasteiger partial charge in [-0.2, -0.15) is 0 Å². The molecule has 3 rings (SSSR count). The maximum Gasteiger partial charge on any atom is 0.345 e. The predicted octanol–water partition coefficient (Wildman–Crippen LogP) is 0.122. The lowest BCUT2D eigenvalue weighted by Crippen LogP contribution is -2.57. The molecule has 0 aromatic carbocycles. The standard InChI is InChI=1S/C10H12O6/c1-13-7(11)9-3-5-10(6-4-9,16-15-9)8(12)14-2/h3,5H,4,6H2,1-2H3/t9-,10+. The first kappa shape index (κ1) is 11.1. The Morgan fingerprint density at radius 2 is 1.38 bits per heavy atom. The van der Waals surface area contributed by atoms with E-state index in [9.17, 15) is 9.59 Å². The molecular weight excluding hydrogens is 216 g/mol. The molecule has 2 aliphatic heterocycles. The fraction of sp³-hybridized carbons (Fsp3) is 0.600. The fourth-order valence-corrected chi connectivity index (χ4v) is 1.85. The lowest BCUT2D eigenvalue weighted by molar-refractivity contribution is -0.411. The van der Waals surface area contributed by atoms with Gasteiger partial charge < -0.3 is 9.47 Å². The number of carbonyl (C=O) groups excluding carboxylic acids is 2. The minimum absolute atomic E-state index is 0.325. The van der Waals surface area contributed by atoms with Gasteiger partial charge in [0.05, 0.1) is 14.2 Å². The van der Waals surface area contributed by atoms with Gasteiger partial charge in [-0.15, -0.1) is 0 Å². The maximum atomic E-state index is 11.5. The van der Waals surface area contributed by atoms with Gasteiger partial charge in [0, 0.05) is 0 Å². The van der Waals surface area contributed by atoms with Crippen molar-refractivity contribution in [3.8, 4) is 0 Å².